The number of H-pyrrole nitrogens is 1. The molecule has 2 aromatic rings. The van der Waals surface area contributed by atoms with Crippen LogP contribution in [0.15, 0.2) is 35.1 Å². The fraction of sp³-hybridized carbons (Fsp3) is 0.471. The largest absolute Gasteiger partial charge is 0.322 e. The summed E-state index contributed by atoms with van der Waals surface area (Å²) in [7, 11) is 0. The van der Waals surface area contributed by atoms with Gasteiger partial charge in [-0.2, -0.15) is 0 Å². The van der Waals surface area contributed by atoms with E-state index in [0.717, 1.165) is 29.6 Å². The van der Waals surface area contributed by atoms with Crippen LogP contribution >= 0.6 is 0 Å². The van der Waals surface area contributed by atoms with E-state index in [0.29, 0.717) is 12.5 Å². The molecule has 112 valence electrons. The quantitative estimate of drug-likeness (QED) is 0.883. The molecule has 21 heavy (non-hydrogen) atoms. The Labute approximate surface area is 125 Å². The number of benzene rings is 1. The average molecular weight is 285 g/mol. The van der Waals surface area contributed by atoms with E-state index >= 15 is 0 Å². The highest BCUT2D eigenvalue weighted by atomic mass is 16.1. The first-order chi connectivity index (χ1) is 10.3. The highest BCUT2D eigenvalue weighted by molar-refractivity contribution is 5.78. The zero-order valence-electron chi connectivity index (χ0n) is 12.6. The lowest BCUT2D eigenvalue weighted by atomic mass is 10.1. The molecule has 1 aliphatic rings. The van der Waals surface area contributed by atoms with Gasteiger partial charge in [0.1, 0.15) is 0 Å². The second kappa shape index (κ2) is 6.41. The smallest absolute Gasteiger partial charge is 0.252 e. The zero-order chi connectivity index (χ0) is 14.7. The van der Waals surface area contributed by atoms with Crippen molar-refractivity contribution in [3.63, 3.8) is 0 Å². The summed E-state index contributed by atoms with van der Waals surface area (Å²) >= 11 is 0. The summed E-state index contributed by atoms with van der Waals surface area (Å²) in [6, 6.07) is 9.90. The minimum absolute atomic E-state index is 0.0165. The van der Waals surface area contributed by atoms with Crippen molar-refractivity contribution >= 4 is 10.9 Å². The van der Waals surface area contributed by atoms with Crippen molar-refractivity contribution in [2.24, 2.45) is 5.92 Å². The molecule has 1 fully saturated rings. The van der Waals surface area contributed by atoms with E-state index in [-0.39, 0.29) is 5.56 Å². The lowest BCUT2D eigenvalue weighted by Crippen LogP contribution is -2.28. The van der Waals surface area contributed by atoms with E-state index in [1.54, 1.807) is 0 Å². The van der Waals surface area contributed by atoms with Crippen molar-refractivity contribution in [2.45, 2.75) is 19.9 Å². The van der Waals surface area contributed by atoms with E-state index in [1.807, 2.05) is 30.3 Å². The topological polar surface area (TPSA) is 48.1 Å². The van der Waals surface area contributed by atoms with Crippen molar-refractivity contribution in [3.05, 3.63) is 46.2 Å². The van der Waals surface area contributed by atoms with Gasteiger partial charge in [0.15, 0.2) is 0 Å². The van der Waals surface area contributed by atoms with Gasteiger partial charge in [-0.05, 0) is 49.5 Å². The molecule has 0 aliphatic carbocycles. The first-order valence-electron chi connectivity index (χ1n) is 7.80. The number of rotatable bonds is 5. The minimum atomic E-state index is 0.0165. The monoisotopic (exact) mass is 285 g/mol. The van der Waals surface area contributed by atoms with Crippen LogP contribution in [0.3, 0.4) is 0 Å². The number of hydrogen-bond acceptors (Lipinski definition) is 3. The summed E-state index contributed by atoms with van der Waals surface area (Å²) in [5.41, 5.74) is 1.74. The SMILES string of the molecule is CCN1CC[C@@H](CNCc2cc3ccccc3[nH]c2=O)C1. The molecule has 2 heterocycles. The average Bonchev–Trinajstić information content (AvgIpc) is 2.96. The summed E-state index contributed by atoms with van der Waals surface area (Å²) in [4.78, 5) is 17.5. The molecule has 0 bridgehead atoms. The Bertz CT molecular complexity index is 664. The molecular weight excluding hydrogens is 262 g/mol. The Kier molecular flexibility index (Phi) is 4.36. The van der Waals surface area contributed by atoms with Crippen LogP contribution in [0.1, 0.15) is 18.9 Å². The first-order valence-corrected chi connectivity index (χ1v) is 7.80. The lowest BCUT2D eigenvalue weighted by Gasteiger charge is -2.13. The Morgan fingerprint density at radius 3 is 3.05 bits per heavy atom. The number of aromatic amines is 1. The van der Waals surface area contributed by atoms with E-state index in [4.69, 9.17) is 0 Å². The second-order valence-corrected chi connectivity index (χ2v) is 5.89. The van der Waals surface area contributed by atoms with Crippen molar-refractivity contribution in [1.29, 1.82) is 0 Å². The number of nitrogens with one attached hydrogen (secondary N) is 2. The van der Waals surface area contributed by atoms with Gasteiger partial charge < -0.3 is 15.2 Å². The molecular formula is C17H23N3O. The molecule has 0 amide bonds. The number of fused-ring (bicyclic) bond motifs is 1. The highest BCUT2D eigenvalue weighted by Gasteiger charge is 2.20. The number of likely N-dealkylation sites (tertiary alicyclic amines) is 1. The molecule has 0 unspecified atom stereocenters. The number of nitrogens with zero attached hydrogens (tertiary/aromatic N) is 1. The molecule has 1 aliphatic heterocycles. The molecule has 1 saturated heterocycles. The molecule has 0 saturated carbocycles. The zero-order valence-corrected chi connectivity index (χ0v) is 12.6. The standard InChI is InChI=1S/C17H23N3O/c1-2-20-8-7-13(12-20)10-18-11-15-9-14-5-3-4-6-16(14)19-17(15)21/h3-6,9,13,18H,2,7-8,10-12H2,1H3,(H,19,21)/t13-/m0/s1. The number of hydrogen-bond donors (Lipinski definition) is 2. The van der Waals surface area contributed by atoms with Gasteiger partial charge >= 0.3 is 0 Å². The molecule has 4 heteroatoms. The third kappa shape index (κ3) is 3.34. The van der Waals surface area contributed by atoms with Crippen molar-refractivity contribution < 1.29 is 0 Å². The lowest BCUT2D eigenvalue weighted by molar-refractivity contribution is 0.339. The molecule has 1 atom stereocenters. The molecule has 0 radical (unpaired) electrons. The number of para-hydroxylation sites is 1. The highest BCUT2D eigenvalue weighted by Crippen LogP contribution is 2.15. The van der Waals surface area contributed by atoms with E-state index < -0.39 is 0 Å². The normalized spacial score (nSPS) is 19.4. The Balaban J connectivity index is 1.60. The van der Waals surface area contributed by atoms with Gasteiger partial charge in [-0.15, -0.1) is 0 Å². The summed E-state index contributed by atoms with van der Waals surface area (Å²) in [5, 5.41) is 4.54. The minimum Gasteiger partial charge on any atom is -0.322 e. The third-order valence-corrected chi connectivity index (χ3v) is 4.40. The maximum atomic E-state index is 12.1. The maximum absolute atomic E-state index is 12.1. The second-order valence-electron chi connectivity index (χ2n) is 5.89. The van der Waals surface area contributed by atoms with Gasteiger partial charge in [-0.3, -0.25) is 4.79 Å². The molecule has 0 spiro atoms. The summed E-state index contributed by atoms with van der Waals surface area (Å²) in [6.45, 7) is 7.37. The van der Waals surface area contributed by atoms with Crippen LogP contribution < -0.4 is 10.9 Å². The van der Waals surface area contributed by atoms with Gasteiger partial charge in [-0.1, -0.05) is 25.1 Å². The fourth-order valence-electron chi connectivity index (χ4n) is 3.10. The predicted octanol–water partition coefficient (Wildman–Crippen LogP) is 1.96. The van der Waals surface area contributed by atoms with E-state index in [2.05, 4.69) is 22.1 Å². The number of aromatic nitrogens is 1. The van der Waals surface area contributed by atoms with Crippen LogP contribution in [0.4, 0.5) is 0 Å². The van der Waals surface area contributed by atoms with Crippen molar-refractivity contribution in [3.8, 4) is 0 Å². The van der Waals surface area contributed by atoms with E-state index in [9.17, 15) is 4.79 Å². The van der Waals surface area contributed by atoms with Gasteiger partial charge in [0.2, 0.25) is 0 Å². The van der Waals surface area contributed by atoms with E-state index in [1.165, 1.54) is 19.5 Å². The molecule has 1 aromatic heterocycles. The molecule has 1 aromatic carbocycles. The van der Waals surface area contributed by atoms with Crippen LogP contribution in [0, 0.1) is 5.92 Å². The van der Waals surface area contributed by atoms with Crippen LogP contribution in [0.2, 0.25) is 0 Å². The van der Waals surface area contributed by atoms with Gasteiger partial charge in [0.05, 0.1) is 0 Å². The Morgan fingerprint density at radius 2 is 2.24 bits per heavy atom. The van der Waals surface area contributed by atoms with Crippen molar-refractivity contribution in [1.82, 2.24) is 15.2 Å². The molecule has 4 nitrogen and oxygen atoms in total. The van der Waals surface area contributed by atoms with Gasteiger partial charge in [0.25, 0.3) is 5.56 Å². The Morgan fingerprint density at radius 1 is 1.38 bits per heavy atom. The van der Waals surface area contributed by atoms with Crippen LogP contribution in [0.5, 0.6) is 0 Å². The predicted molar refractivity (Wildman–Crippen MR) is 86.5 cm³/mol. The summed E-state index contributed by atoms with van der Waals surface area (Å²) < 4.78 is 0. The van der Waals surface area contributed by atoms with Crippen LogP contribution in [0.25, 0.3) is 10.9 Å². The Hall–Kier alpha value is -1.65. The van der Waals surface area contributed by atoms with Gasteiger partial charge in [-0.25, -0.2) is 0 Å². The third-order valence-electron chi connectivity index (χ3n) is 4.40. The summed E-state index contributed by atoms with van der Waals surface area (Å²) in [6.07, 6.45) is 1.26. The summed E-state index contributed by atoms with van der Waals surface area (Å²) in [5.74, 6) is 0.712. The molecule has 2 N–H and O–H groups in total. The van der Waals surface area contributed by atoms with Gasteiger partial charge in [0, 0.05) is 24.2 Å². The van der Waals surface area contributed by atoms with Crippen LogP contribution in [-0.4, -0.2) is 36.1 Å². The fourth-order valence-corrected chi connectivity index (χ4v) is 3.10. The molecule has 3 rings (SSSR count). The first kappa shape index (κ1) is 14.3. The maximum Gasteiger partial charge on any atom is 0.252 e. The number of pyridine rings is 1. The van der Waals surface area contributed by atoms with Crippen molar-refractivity contribution in [2.75, 3.05) is 26.2 Å². The van der Waals surface area contributed by atoms with Crippen LogP contribution in [-0.2, 0) is 6.54 Å².